The van der Waals surface area contributed by atoms with Gasteiger partial charge in [-0.05, 0) is 18.6 Å². The van der Waals surface area contributed by atoms with Gasteiger partial charge in [-0.15, -0.1) is 0 Å². The first-order chi connectivity index (χ1) is 11.5. The maximum absolute atomic E-state index is 9.28. The molecule has 2 aromatic carbocycles. The Labute approximate surface area is 142 Å². The Morgan fingerprint density at radius 3 is 2.62 bits per heavy atom. The van der Waals surface area contributed by atoms with Gasteiger partial charge in [-0.1, -0.05) is 48.5 Å². The zero-order valence-electron chi connectivity index (χ0n) is 14.0. The van der Waals surface area contributed by atoms with Gasteiger partial charge < -0.3 is 20.5 Å². The van der Waals surface area contributed by atoms with Crippen molar-refractivity contribution in [3.63, 3.8) is 0 Å². The predicted molar refractivity (Wildman–Crippen MR) is 94.7 cm³/mol. The number of para-hydroxylation sites is 1. The fourth-order valence-electron chi connectivity index (χ4n) is 3.05. The van der Waals surface area contributed by atoms with Gasteiger partial charge in [-0.2, -0.15) is 0 Å². The zero-order chi connectivity index (χ0) is 17.2. The number of aliphatic hydroxyl groups is 1. The number of nitrogens with two attached hydrogens (primary N) is 1. The maximum Gasteiger partial charge on any atom is 0.193 e. The fraction of sp³-hybridized carbons (Fsp3) is 0.316. The van der Waals surface area contributed by atoms with E-state index < -0.39 is 5.54 Å². The number of ether oxygens (including phenoxy) is 1. The van der Waals surface area contributed by atoms with Gasteiger partial charge in [-0.25, -0.2) is 4.99 Å². The molecule has 0 saturated carbocycles. The number of guanidine groups is 1. The molecule has 5 heteroatoms. The highest BCUT2D eigenvalue weighted by atomic mass is 16.5. The minimum absolute atomic E-state index is 0.0953. The van der Waals surface area contributed by atoms with Crippen molar-refractivity contribution in [3.05, 3.63) is 65.7 Å². The number of aliphatic hydroxyl groups excluding tert-OH is 1. The molecule has 0 amide bonds. The second-order valence-electron chi connectivity index (χ2n) is 6.30. The maximum atomic E-state index is 9.28. The van der Waals surface area contributed by atoms with Crippen molar-refractivity contribution in [1.82, 2.24) is 4.90 Å². The Kier molecular flexibility index (Phi) is 4.44. The lowest BCUT2D eigenvalue weighted by Gasteiger charge is -2.38. The van der Waals surface area contributed by atoms with E-state index in [0.717, 1.165) is 16.9 Å². The number of benzene rings is 2. The van der Waals surface area contributed by atoms with Gasteiger partial charge in [0.2, 0.25) is 0 Å². The highest BCUT2D eigenvalue weighted by Crippen LogP contribution is 2.46. The van der Waals surface area contributed by atoms with Crippen LogP contribution < -0.4 is 10.5 Å². The molecule has 0 aliphatic carbocycles. The second-order valence-corrected chi connectivity index (χ2v) is 6.30. The van der Waals surface area contributed by atoms with E-state index in [1.165, 1.54) is 4.90 Å². The third-order valence-electron chi connectivity index (χ3n) is 4.46. The highest BCUT2D eigenvalue weighted by Gasteiger charge is 2.38. The fourth-order valence-corrected chi connectivity index (χ4v) is 3.05. The molecule has 0 radical (unpaired) electrons. The van der Waals surface area contributed by atoms with Gasteiger partial charge >= 0.3 is 0 Å². The van der Waals surface area contributed by atoms with Crippen molar-refractivity contribution < 1.29 is 9.84 Å². The Morgan fingerprint density at radius 1 is 1.25 bits per heavy atom. The number of aliphatic imine (C=N–C) groups is 1. The summed E-state index contributed by atoms with van der Waals surface area (Å²) < 4.78 is 6.21. The Morgan fingerprint density at radius 2 is 1.92 bits per heavy atom. The minimum atomic E-state index is -0.525. The first-order valence-electron chi connectivity index (χ1n) is 8.02. The Bertz CT molecular complexity index is 732. The molecule has 2 atom stereocenters. The average molecular weight is 325 g/mol. The summed E-state index contributed by atoms with van der Waals surface area (Å²) in [6, 6.07) is 18.0. The third-order valence-corrected chi connectivity index (χ3v) is 4.46. The molecule has 126 valence electrons. The van der Waals surface area contributed by atoms with Crippen molar-refractivity contribution in [1.29, 1.82) is 0 Å². The molecule has 2 aromatic rings. The van der Waals surface area contributed by atoms with Gasteiger partial charge in [0.05, 0.1) is 5.54 Å². The van der Waals surface area contributed by atoms with E-state index in [2.05, 4.69) is 19.1 Å². The molecule has 5 nitrogen and oxygen atoms in total. The molecule has 0 spiro atoms. The first-order valence-corrected chi connectivity index (χ1v) is 8.02. The SMILES string of the molecule is CN(CO)C(N)=NC1(C)CC(c2ccccc2)Oc2ccccc21. The van der Waals surface area contributed by atoms with E-state index in [4.69, 9.17) is 15.5 Å². The monoisotopic (exact) mass is 325 g/mol. The van der Waals surface area contributed by atoms with Gasteiger partial charge in [0.15, 0.2) is 5.96 Å². The number of nitrogens with zero attached hydrogens (tertiary/aromatic N) is 2. The van der Waals surface area contributed by atoms with Crippen LogP contribution in [0.1, 0.15) is 30.6 Å². The van der Waals surface area contributed by atoms with Crippen LogP contribution in [0.3, 0.4) is 0 Å². The largest absolute Gasteiger partial charge is 0.485 e. The second kappa shape index (κ2) is 6.53. The summed E-state index contributed by atoms with van der Waals surface area (Å²) in [4.78, 5) is 6.25. The summed E-state index contributed by atoms with van der Waals surface area (Å²) in [7, 11) is 1.71. The number of hydrogen-bond acceptors (Lipinski definition) is 3. The van der Waals surface area contributed by atoms with Crippen LogP contribution in [0.15, 0.2) is 59.6 Å². The molecular formula is C19H23N3O2. The van der Waals surface area contributed by atoms with Crippen molar-refractivity contribution in [2.75, 3.05) is 13.8 Å². The summed E-state index contributed by atoms with van der Waals surface area (Å²) >= 11 is 0. The lowest BCUT2D eigenvalue weighted by atomic mass is 9.82. The predicted octanol–water partition coefficient (Wildman–Crippen LogP) is 2.62. The normalized spacial score (nSPS) is 23.3. The van der Waals surface area contributed by atoms with Crippen LogP contribution in [-0.2, 0) is 5.54 Å². The smallest absolute Gasteiger partial charge is 0.193 e. The van der Waals surface area contributed by atoms with Gasteiger partial charge in [0.1, 0.15) is 18.6 Å². The lowest BCUT2D eigenvalue weighted by Crippen LogP contribution is -2.39. The minimum Gasteiger partial charge on any atom is -0.485 e. The van der Waals surface area contributed by atoms with Crippen LogP contribution in [0, 0.1) is 0 Å². The van der Waals surface area contributed by atoms with Crippen molar-refractivity contribution in [2.24, 2.45) is 10.7 Å². The molecule has 1 heterocycles. The van der Waals surface area contributed by atoms with Crippen molar-refractivity contribution in [3.8, 4) is 5.75 Å². The lowest BCUT2D eigenvalue weighted by molar-refractivity contribution is 0.130. The van der Waals surface area contributed by atoms with Crippen LogP contribution in [-0.4, -0.2) is 29.7 Å². The van der Waals surface area contributed by atoms with Crippen LogP contribution in [0.25, 0.3) is 0 Å². The third kappa shape index (κ3) is 3.08. The summed E-state index contributed by atoms with van der Waals surface area (Å²) in [5, 5.41) is 9.28. The molecule has 0 fully saturated rings. The Balaban J connectivity index is 2.04. The molecule has 1 aliphatic rings. The van der Waals surface area contributed by atoms with E-state index in [1.54, 1.807) is 7.05 Å². The van der Waals surface area contributed by atoms with E-state index in [0.29, 0.717) is 12.4 Å². The molecule has 3 N–H and O–H groups in total. The molecule has 3 rings (SSSR count). The standard InChI is InChI=1S/C19H23N3O2/c1-19(21-18(20)22(2)13-23)12-17(14-8-4-3-5-9-14)24-16-11-7-6-10-15(16)19/h3-11,17,23H,12-13H2,1-2H3,(H2,20,21). The van der Waals surface area contributed by atoms with Crippen LogP contribution >= 0.6 is 0 Å². The van der Waals surface area contributed by atoms with Crippen molar-refractivity contribution in [2.45, 2.75) is 25.0 Å². The molecule has 24 heavy (non-hydrogen) atoms. The number of hydrogen-bond donors (Lipinski definition) is 2. The van der Waals surface area contributed by atoms with Crippen LogP contribution in [0.4, 0.5) is 0 Å². The summed E-state index contributed by atoms with van der Waals surface area (Å²) in [5.41, 5.74) is 7.65. The first kappa shape index (κ1) is 16.3. The molecule has 0 saturated heterocycles. The number of rotatable bonds is 3. The van der Waals surface area contributed by atoms with Crippen molar-refractivity contribution >= 4 is 5.96 Å². The summed E-state index contributed by atoms with van der Waals surface area (Å²) in [6.07, 6.45) is 0.579. The summed E-state index contributed by atoms with van der Waals surface area (Å²) in [5.74, 6) is 1.13. The van der Waals surface area contributed by atoms with E-state index >= 15 is 0 Å². The molecule has 0 bridgehead atoms. The molecule has 2 unspecified atom stereocenters. The van der Waals surface area contributed by atoms with Gasteiger partial charge in [-0.3, -0.25) is 0 Å². The van der Waals surface area contributed by atoms with E-state index in [1.807, 2.05) is 42.5 Å². The highest BCUT2D eigenvalue weighted by molar-refractivity contribution is 5.78. The van der Waals surface area contributed by atoms with Gasteiger partial charge in [0.25, 0.3) is 0 Å². The summed E-state index contributed by atoms with van der Waals surface area (Å²) in [6.45, 7) is 1.88. The van der Waals surface area contributed by atoms with Gasteiger partial charge in [0, 0.05) is 19.0 Å². The van der Waals surface area contributed by atoms with E-state index in [9.17, 15) is 5.11 Å². The average Bonchev–Trinajstić information content (AvgIpc) is 2.61. The molecule has 1 aliphatic heterocycles. The van der Waals surface area contributed by atoms with Crippen LogP contribution in [0.5, 0.6) is 5.75 Å². The topological polar surface area (TPSA) is 71.1 Å². The Hall–Kier alpha value is -2.53. The van der Waals surface area contributed by atoms with E-state index in [-0.39, 0.29) is 12.8 Å². The number of fused-ring (bicyclic) bond motifs is 1. The zero-order valence-corrected chi connectivity index (χ0v) is 14.0. The quantitative estimate of drug-likeness (QED) is 0.517. The molecular weight excluding hydrogens is 302 g/mol. The molecule has 0 aromatic heterocycles. The van der Waals surface area contributed by atoms with Crippen LogP contribution in [0.2, 0.25) is 0 Å².